The van der Waals surface area contributed by atoms with Crippen LogP contribution in [0.1, 0.15) is 13.3 Å². The SMILES string of the molecule is CC[C@@H](Nc1nc2ccccc2c2nc(-c3ccsc3)nn12)C(N)=O. The van der Waals surface area contributed by atoms with Crippen LogP contribution < -0.4 is 11.1 Å². The van der Waals surface area contributed by atoms with Crippen molar-refractivity contribution in [2.75, 3.05) is 5.32 Å². The lowest BCUT2D eigenvalue weighted by Gasteiger charge is -2.15. The van der Waals surface area contributed by atoms with Gasteiger partial charge in [-0.2, -0.15) is 15.9 Å². The van der Waals surface area contributed by atoms with Crippen molar-refractivity contribution in [1.82, 2.24) is 19.6 Å². The molecule has 0 saturated heterocycles. The highest BCUT2D eigenvalue weighted by Gasteiger charge is 2.19. The summed E-state index contributed by atoms with van der Waals surface area (Å²) in [6.07, 6.45) is 0.553. The Hall–Kier alpha value is -3.00. The maximum absolute atomic E-state index is 11.6. The molecular formula is C17H16N6OS. The molecule has 0 aliphatic rings. The molecule has 126 valence electrons. The molecule has 25 heavy (non-hydrogen) atoms. The summed E-state index contributed by atoms with van der Waals surface area (Å²) in [6, 6.07) is 9.17. The summed E-state index contributed by atoms with van der Waals surface area (Å²) in [7, 11) is 0. The van der Waals surface area contributed by atoms with E-state index in [1.165, 1.54) is 0 Å². The van der Waals surface area contributed by atoms with Crippen LogP contribution in [0.2, 0.25) is 0 Å². The first-order chi connectivity index (χ1) is 12.2. The van der Waals surface area contributed by atoms with Gasteiger partial charge in [0.05, 0.1) is 5.52 Å². The van der Waals surface area contributed by atoms with Gasteiger partial charge in [-0.3, -0.25) is 4.79 Å². The minimum absolute atomic E-state index is 0.427. The highest BCUT2D eigenvalue weighted by atomic mass is 32.1. The molecule has 3 heterocycles. The summed E-state index contributed by atoms with van der Waals surface area (Å²) in [5, 5.41) is 12.6. The molecule has 0 bridgehead atoms. The fraction of sp³-hybridized carbons (Fsp3) is 0.176. The molecule has 0 aliphatic carbocycles. The van der Waals surface area contributed by atoms with Crippen molar-refractivity contribution in [1.29, 1.82) is 0 Å². The van der Waals surface area contributed by atoms with Crippen LogP contribution >= 0.6 is 11.3 Å². The lowest BCUT2D eigenvalue weighted by atomic mass is 10.2. The molecule has 3 N–H and O–H groups in total. The normalized spacial score (nSPS) is 12.5. The molecular weight excluding hydrogens is 336 g/mol. The second kappa shape index (κ2) is 6.14. The monoisotopic (exact) mass is 352 g/mol. The number of carbonyl (C=O) groups excluding carboxylic acids is 1. The van der Waals surface area contributed by atoms with Crippen LogP contribution in [0, 0.1) is 0 Å². The van der Waals surface area contributed by atoms with Gasteiger partial charge in [-0.25, -0.2) is 9.97 Å². The number of para-hydroxylation sites is 1. The lowest BCUT2D eigenvalue weighted by Crippen LogP contribution is -2.35. The van der Waals surface area contributed by atoms with Gasteiger partial charge < -0.3 is 11.1 Å². The van der Waals surface area contributed by atoms with E-state index in [-0.39, 0.29) is 0 Å². The van der Waals surface area contributed by atoms with Crippen LogP contribution in [0.15, 0.2) is 41.1 Å². The van der Waals surface area contributed by atoms with Crippen molar-refractivity contribution in [3.8, 4) is 11.4 Å². The Bertz CT molecular complexity index is 1060. The second-order valence-electron chi connectivity index (χ2n) is 5.64. The molecule has 4 rings (SSSR count). The van der Waals surface area contributed by atoms with E-state index in [0.29, 0.717) is 23.8 Å². The molecule has 0 aliphatic heterocycles. The number of thiophene rings is 1. The third-order valence-electron chi connectivity index (χ3n) is 4.01. The summed E-state index contributed by atoms with van der Waals surface area (Å²) in [6.45, 7) is 1.89. The third kappa shape index (κ3) is 2.70. The molecule has 7 nitrogen and oxygen atoms in total. The predicted molar refractivity (Wildman–Crippen MR) is 98.5 cm³/mol. The number of carbonyl (C=O) groups is 1. The van der Waals surface area contributed by atoms with E-state index in [9.17, 15) is 4.79 Å². The van der Waals surface area contributed by atoms with Crippen molar-refractivity contribution in [2.24, 2.45) is 5.73 Å². The topological polar surface area (TPSA) is 98.2 Å². The van der Waals surface area contributed by atoms with E-state index < -0.39 is 11.9 Å². The first kappa shape index (κ1) is 15.5. The van der Waals surface area contributed by atoms with E-state index in [1.807, 2.05) is 48.0 Å². The van der Waals surface area contributed by atoms with Crippen LogP contribution in [-0.4, -0.2) is 31.5 Å². The highest BCUT2D eigenvalue weighted by Crippen LogP contribution is 2.25. The average molecular weight is 352 g/mol. The molecule has 0 saturated carbocycles. The summed E-state index contributed by atoms with van der Waals surface area (Å²) in [5.74, 6) is 0.645. The Morgan fingerprint density at radius 1 is 1.32 bits per heavy atom. The number of amides is 1. The Balaban J connectivity index is 1.95. The van der Waals surface area contributed by atoms with Crippen molar-refractivity contribution in [3.05, 3.63) is 41.1 Å². The van der Waals surface area contributed by atoms with Gasteiger partial charge in [0.2, 0.25) is 11.9 Å². The molecule has 0 fully saturated rings. The van der Waals surface area contributed by atoms with E-state index in [2.05, 4.69) is 20.4 Å². The number of benzene rings is 1. The summed E-state index contributed by atoms with van der Waals surface area (Å²) < 4.78 is 1.64. The zero-order valence-corrected chi connectivity index (χ0v) is 14.3. The average Bonchev–Trinajstić information content (AvgIpc) is 3.28. The molecule has 1 atom stereocenters. The second-order valence-corrected chi connectivity index (χ2v) is 6.42. The van der Waals surface area contributed by atoms with Crippen LogP contribution in [0.25, 0.3) is 27.9 Å². The molecule has 1 amide bonds. The molecule has 0 radical (unpaired) electrons. The van der Waals surface area contributed by atoms with Gasteiger partial charge in [0.15, 0.2) is 11.5 Å². The fourth-order valence-electron chi connectivity index (χ4n) is 2.69. The molecule has 4 aromatic rings. The van der Waals surface area contributed by atoms with Gasteiger partial charge in [0.25, 0.3) is 0 Å². The van der Waals surface area contributed by atoms with Crippen LogP contribution in [0.3, 0.4) is 0 Å². The summed E-state index contributed by atoms with van der Waals surface area (Å²) in [4.78, 5) is 20.9. The largest absolute Gasteiger partial charge is 0.368 e. The molecule has 1 aromatic carbocycles. The van der Waals surface area contributed by atoms with Gasteiger partial charge in [0.1, 0.15) is 6.04 Å². The molecule has 8 heteroatoms. The number of nitrogens with zero attached hydrogens (tertiary/aromatic N) is 4. The zero-order chi connectivity index (χ0) is 17.4. The smallest absolute Gasteiger partial charge is 0.239 e. The van der Waals surface area contributed by atoms with E-state index >= 15 is 0 Å². The first-order valence-corrected chi connectivity index (χ1v) is 8.85. The molecule has 3 aromatic heterocycles. The van der Waals surface area contributed by atoms with E-state index in [0.717, 1.165) is 16.5 Å². The first-order valence-electron chi connectivity index (χ1n) is 7.91. The number of primary amides is 1. The number of nitrogens with two attached hydrogens (primary N) is 1. The van der Waals surface area contributed by atoms with Crippen molar-refractivity contribution >= 4 is 39.7 Å². The number of hydrogen-bond acceptors (Lipinski definition) is 6. The van der Waals surface area contributed by atoms with Crippen molar-refractivity contribution in [2.45, 2.75) is 19.4 Å². The standard InChI is InChI=1S/C17H16N6OS/c1-2-12(14(18)24)19-17-20-13-6-4-3-5-11(13)16-21-15(22-23(16)17)10-7-8-25-9-10/h3-9,12H,2H2,1H3,(H2,18,24)(H,19,20)/t12-/m1/s1. The van der Waals surface area contributed by atoms with Crippen LogP contribution in [0.4, 0.5) is 5.95 Å². The number of rotatable bonds is 5. The molecule has 0 unspecified atom stereocenters. The van der Waals surface area contributed by atoms with Gasteiger partial charge in [0, 0.05) is 16.3 Å². The van der Waals surface area contributed by atoms with Gasteiger partial charge in [-0.1, -0.05) is 19.1 Å². The van der Waals surface area contributed by atoms with E-state index in [1.54, 1.807) is 15.9 Å². The van der Waals surface area contributed by atoms with Gasteiger partial charge >= 0.3 is 0 Å². The summed E-state index contributed by atoms with van der Waals surface area (Å²) in [5.41, 5.74) is 7.88. The van der Waals surface area contributed by atoms with E-state index in [4.69, 9.17) is 5.73 Å². The Morgan fingerprint density at radius 2 is 2.16 bits per heavy atom. The number of anilines is 1. The quantitative estimate of drug-likeness (QED) is 0.575. The Kier molecular flexibility index (Phi) is 3.81. The summed E-state index contributed by atoms with van der Waals surface area (Å²) >= 11 is 1.59. The third-order valence-corrected chi connectivity index (χ3v) is 4.70. The zero-order valence-electron chi connectivity index (χ0n) is 13.5. The predicted octanol–water partition coefficient (Wildman–Crippen LogP) is 2.68. The van der Waals surface area contributed by atoms with Crippen molar-refractivity contribution in [3.63, 3.8) is 0 Å². The van der Waals surface area contributed by atoms with Crippen molar-refractivity contribution < 1.29 is 4.79 Å². The lowest BCUT2D eigenvalue weighted by molar-refractivity contribution is -0.118. The minimum atomic E-state index is -0.523. The van der Waals surface area contributed by atoms with Crippen LogP contribution in [-0.2, 0) is 4.79 Å². The van der Waals surface area contributed by atoms with Gasteiger partial charge in [-0.05, 0) is 30.0 Å². The number of fused-ring (bicyclic) bond motifs is 3. The Morgan fingerprint density at radius 3 is 2.88 bits per heavy atom. The number of aromatic nitrogens is 4. The van der Waals surface area contributed by atoms with Gasteiger partial charge in [-0.15, -0.1) is 5.10 Å². The number of nitrogens with one attached hydrogen (secondary N) is 1. The minimum Gasteiger partial charge on any atom is -0.368 e. The fourth-order valence-corrected chi connectivity index (χ4v) is 3.33. The number of hydrogen-bond donors (Lipinski definition) is 2. The maximum Gasteiger partial charge on any atom is 0.239 e. The Labute approximate surface area is 147 Å². The van der Waals surface area contributed by atoms with Crippen LogP contribution in [0.5, 0.6) is 0 Å². The highest BCUT2D eigenvalue weighted by molar-refractivity contribution is 7.08. The maximum atomic E-state index is 11.6. The molecule has 0 spiro atoms.